The molecule has 0 saturated heterocycles. The van der Waals surface area contributed by atoms with Crippen LogP contribution in [-0.2, 0) is 12.8 Å². The van der Waals surface area contributed by atoms with Crippen molar-refractivity contribution in [2.75, 3.05) is 0 Å². The minimum absolute atomic E-state index is 0.350. The largest absolute Gasteiger partial charge is 0.423 e. The number of aryl methyl sites for hydroxylation is 1. The Balaban J connectivity index is 1.29. The highest BCUT2D eigenvalue weighted by molar-refractivity contribution is 5.91. The molecule has 2 heteroatoms. The summed E-state index contributed by atoms with van der Waals surface area (Å²) in [5.74, 6) is 0.697. The van der Waals surface area contributed by atoms with Crippen LogP contribution in [-0.4, -0.2) is 5.97 Å². The van der Waals surface area contributed by atoms with Crippen LogP contribution in [0.25, 0.3) is 12.2 Å². The Labute approximate surface area is 221 Å². The fourth-order valence-corrected chi connectivity index (χ4v) is 4.25. The minimum Gasteiger partial charge on any atom is -0.423 e. The molecule has 0 spiro atoms. The predicted molar refractivity (Wildman–Crippen MR) is 155 cm³/mol. The van der Waals surface area contributed by atoms with Crippen molar-refractivity contribution in [2.24, 2.45) is 0 Å². The van der Waals surface area contributed by atoms with Gasteiger partial charge in [0.25, 0.3) is 0 Å². The highest BCUT2D eigenvalue weighted by atomic mass is 16.5. The van der Waals surface area contributed by atoms with Crippen LogP contribution in [0.3, 0.4) is 0 Å². The van der Waals surface area contributed by atoms with Crippen LogP contribution in [0, 0.1) is 0 Å². The molecule has 0 radical (unpaired) electrons. The third-order valence-electron chi connectivity index (χ3n) is 6.47. The summed E-state index contributed by atoms with van der Waals surface area (Å²) in [4.78, 5) is 12.5. The number of hydrogen-bond donors (Lipinski definition) is 0. The lowest BCUT2D eigenvalue weighted by Crippen LogP contribution is -2.08. The summed E-state index contributed by atoms with van der Waals surface area (Å²) >= 11 is 0. The molecule has 0 N–H and O–H groups in total. The predicted octanol–water partition coefficient (Wildman–Crippen LogP) is 8.93. The van der Waals surface area contributed by atoms with Gasteiger partial charge in [0.2, 0.25) is 0 Å². The molecule has 4 aromatic rings. The molecule has 0 aromatic heterocycles. The number of carbonyl (C=O) groups excluding carboxylic acids is 1. The summed E-state index contributed by atoms with van der Waals surface area (Å²) in [6.45, 7) is 4.30. The summed E-state index contributed by atoms with van der Waals surface area (Å²) < 4.78 is 5.55. The van der Waals surface area contributed by atoms with Crippen LogP contribution in [0.5, 0.6) is 5.75 Å². The van der Waals surface area contributed by atoms with Crippen LogP contribution in [0.1, 0.15) is 64.4 Å². The third-order valence-corrected chi connectivity index (χ3v) is 6.47. The summed E-state index contributed by atoms with van der Waals surface area (Å²) in [7, 11) is 0. The zero-order valence-electron chi connectivity index (χ0n) is 21.6. The molecular formula is C35H34O2. The summed E-state index contributed by atoms with van der Waals surface area (Å²) in [6.07, 6.45) is 11.4. The van der Waals surface area contributed by atoms with Gasteiger partial charge in [0.05, 0.1) is 5.56 Å². The fraction of sp³-hybridized carbons (Fsp3) is 0.171. The van der Waals surface area contributed by atoms with Crippen molar-refractivity contribution in [3.63, 3.8) is 0 Å². The molecule has 0 aliphatic heterocycles. The monoisotopic (exact) mass is 486 g/mol. The molecule has 186 valence electrons. The number of esters is 1. The molecule has 1 atom stereocenters. The van der Waals surface area contributed by atoms with Gasteiger partial charge in [0.1, 0.15) is 5.75 Å². The lowest BCUT2D eigenvalue weighted by atomic mass is 9.93. The van der Waals surface area contributed by atoms with Gasteiger partial charge in [-0.1, -0.05) is 110 Å². The second-order valence-electron chi connectivity index (χ2n) is 9.35. The number of carbonyl (C=O) groups is 1. The topological polar surface area (TPSA) is 26.3 Å². The van der Waals surface area contributed by atoms with Crippen molar-refractivity contribution in [2.45, 2.75) is 39.0 Å². The van der Waals surface area contributed by atoms with E-state index in [-0.39, 0.29) is 5.97 Å². The first kappa shape index (κ1) is 25.9. The SMILES string of the molecule is CC=CCCc1ccc(OC(=O)c2ccc(C=Cc3ccc(C[C@@H](C)c4ccccc4)cc3)cc2)cc1. The molecule has 0 saturated carbocycles. The summed E-state index contributed by atoms with van der Waals surface area (Å²) in [6, 6.07) is 34.6. The second kappa shape index (κ2) is 13.2. The van der Waals surface area contributed by atoms with Gasteiger partial charge in [-0.05, 0) is 84.2 Å². The van der Waals surface area contributed by atoms with Crippen molar-refractivity contribution in [3.05, 3.63) is 149 Å². The molecule has 0 amide bonds. The molecule has 4 rings (SSSR count). The van der Waals surface area contributed by atoms with Crippen molar-refractivity contribution in [1.82, 2.24) is 0 Å². The maximum Gasteiger partial charge on any atom is 0.343 e. The fourth-order valence-electron chi connectivity index (χ4n) is 4.25. The van der Waals surface area contributed by atoms with Crippen LogP contribution >= 0.6 is 0 Å². The van der Waals surface area contributed by atoms with Gasteiger partial charge in [0.15, 0.2) is 0 Å². The van der Waals surface area contributed by atoms with E-state index in [0.29, 0.717) is 17.2 Å². The van der Waals surface area contributed by atoms with E-state index in [1.54, 1.807) is 0 Å². The van der Waals surface area contributed by atoms with Gasteiger partial charge in [-0.15, -0.1) is 0 Å². The van der Waals surface area contributed by atoms with E-state index < -0.39 is 0 Å². The molecule has 0 fully saturated rings. The lowest BCUT2D eigenvalue weighted by molar-refractivity contribution is 0.0734. The normalized spacial score (nSPS) is 12.2. The van der Waals surface area contributed by atoms with Crippen LogP contribution in [0.15, 0.2) is 115 Å². The average molecular weight is 487 g/mol. The Morgan fingerprint density at radius 1 is 0.757 bits per heavy atom. The number of rotatable bonds is 10. The maximum absolute atomic E-state index is 12.5. The number of allylic oxidation sites excluding steroid dienone is 2. The quantitative estimate of drug-likeness (QED) is 0.0968. The molecule has 37 heavy (non-hydrogen) atoms. The molecule has 0 heterocycles. The van der Waals surface area contributed by atoms with E-state index in [2.05, 4.69) is 85.8 Å². The van der Waals surface area contributed by atoms with Gasteiger partial charge in [-0.3, -0.25) is 0 Å². The highest BCUT2D eigenvalue weighted by Crippen LogP contribution is 2.21. The first-order valence-electron chi connectivity index (χ1n) is 12.9. The first-order chi connectivity index (χ1) is 18.1. The van der Waals surface area contributed by atoms with E-state index in [1.807, 2.05) is 55.5 Å². The molecule has 0 bridgehead atoms. The molecule has 0 unspecified atom stereocenters. The lowest BCUT2D eigenvalue weighted by Gasteiger charge is -2.12. The standard InChI is InChI=1S/C35H34O2/c1-3-4-6-9-28-20-24-34(25-21-28)37-35(36)33-22-18-30(19-23-33)13-12-29-14-16-31(17-15-29)26-27(2)32-10-7-5-8-11-32/h3-5,7-8,10-25,27H,6,9,26H2,1-2H3/t27-/m1/s1. The van der Waals surface area contributed by atoms with Gasteiger partial charge in [-0.2, -0.15) is 0 Å². The number of hydrogen-bond acceptors (Lipinski definition) is 2. The second-order valence-corrected chi connectivity index (χ2v) is 9.35. The zero-order chi connectivity index (χ0) is 25.9. The Morgan fingerprint density at radius 2 is 1.35 bits per heavy atom. The van der Waals surface area contributed by atoms with E-state index in [0.717, 1.165) is 30.4 Å². The van der Waals surface area contributed by atoms with E-state index in [9.17, 15) is 4.79 Å². The Morgan fingerprint density at radius 3 is 1.97 bits per heavy atom. The molecule has 2 nitrogen and oxygen atoms in total. The van der Waals surface area contributed by atoms with Gasteiger partial charge in [0, 0.05) is 0 Å². The van der Waals surface area contributed by atoms with Crippen molar-refractivity contribution in [1.29, 1.82) is 0 Å². The van der Waals surface area contributed by atoms with Crippen molar-refractivity contribution in [3.8, 4) is 5.75 Å². The molecule has 0 aliphatic rings. The molecule has 4 aromatic carbocycles. The molecular weight excluding hydrogens is 452 g/mol. The molecule has 0 aliphatic carbocycles. The zero-order valence-corrected chi connectivity index (χ0v) is 21.6. The Bertz CT molecular complexity index is 1310. The van der Waals surface area contributed by atoms with Crippen LogP contribution in [0.4, 0.5) is 0 Å². The van der Waals surface area contributed by atoms with Gasteiger partial charge >= 0.3 is 5.97 Å². The van der Waals surface area contributed by atoms with Crippen molar-refractivity contribution >= 4 is 18.1 Å². The maximum atomic E-state index is 12.5. The highest BCUT2D eigenvalue weighted by Gasteiger charge is 2.09. The van der Waals surface area contributed by atoms with E-state index in [4.69, 9.17) is 4.74 Å². The smallest absolute Gasteiger partial charge is 0.343 e. The first-order valence-corrected chi connectivity index (χ1v) is 12.9. The van der Waals surface area contributed by atoms with Crippen LogP contribution < -0.4 is 4.74 Å². The average Bonchev–Trinajstić information content (AvgIpc) is 2.94. The third kappa shape index (κ3) is 7.91. The van der Waals surface area contributed by atoms with E-state index >= 15 is 0 Å². The number of ether oxygens (including phenoxy) is 1. The van der Waals surface area contributed by atoms with Crippen LogP contribution in [0.2, 0.25) is 0 Å². The number of benzene rings is 4. The Kier molecular flexibility index (Phi) is 9.26. The summed E-state index contributed by atoms with van der Waals surface area (Å²) in [5, 5.41) is 0. The minimum atomic E-state index is -0.350. The Hall–Kier alpha value is -4.17. The summed E-state index contributed by atoms with van der Waals surface area (Å²) in [5.41, 5.74) is 6.64. The van der Waals surface area contributed by atoms with Gasteiger partial charge < -0.3 is 4.74 Å². The van der Waals surface area contributed by atoms with Gasteiger partial charge in [-0.25, -0.2) is 4.79 Å². The van der Waals surface area contributed by atoms with E-state index in [1.165, 1.54) is 16.7 Å². The van der Waals surface area contributed by atoms with Crippen molar-refractivity contribution < 1.29 is 9.53 Å².